The Kier molecular flexibility index (Phi) is 9.01. The van der Waals surface area contributed by atoms with Gasteiger partial charge in [0.15, 0.2) is 0 Å². The Hall–Kier alpha value is -4.54. The number of hydrogen-bond acceptors (Lipinski definition) is 4. The van der Waals surface area contributed by atoms with E-state index >= 15 is 0 Å². The minimum atomic E-state index is -0.749. The Morgan fingerprint density at radius 1 is 0.550 bits per heavy atom. The summed E-state index contributed by atoms with van der Waals surface area (Å²) in [6.45, 7) is 35.6. The van der Waals surface area contributed by atoms with Crippen molar-refractivity contribution >= 4 is 25.2 Å². The van der Waals surface area contributed by atoms with Gasteiger partial charge >= 0.3 is 14.2 Å². The summed E-state index contributed by atoms with van der Waals surface area (Å²) in [5, 5.41) is 0. The first kappa shape index (κ1) is 40.8. The molecule has 0 aromatic heterocycles. The average molecular weight is 794 g/mol. The highest BCUT2D eigenvalue weighted by molar-refractivity contribution is 6.62. The second-order valence-corrected chi connectivity index (χ2v) is 21.3. The zero-order valence-electron chi connectivity index (χ0n) is 37.7. The Bertz CT molecular complexity index is 2480. The molecule has 0 radical (unpaired) electrons. The van der Waals surface area contributed by atoms with Crippen LogP contribution in [0.15, 0.2) is 116 Å². The van der Waals surface area contributed by atoms with Crippen molar-refractivity contribution in [1.29, 1.82) is 0 Å². The van der Waals surface area contributed by atoms with E-state index in [4.69, 9.17) is 18.6 Å². The van der Waals surface area contributed by atoms with Gasteiger partial charge in [-0.15, -0.1) is 0 Å². The summed E-state index contributed by atoms with van der Waals surface area (Å²) in [7, 11) is -0.960. The molecule has 9 rings (SSSR count). The quantitative estimate of drug-likeness (QED) is 0.0956. The average Bonchev–Trinajstić information content (AvgIpc) is 3.86. The van der Waals surface area contributed by atoms with Gasteiger partial charge in [-0.05, 0) is 137 Å². The number of allylic oxidation sites excluding steroid dienone is 2. The van der Waals surface area contributed by atoms with E-state index in [-0.39, 0.29) is 16.4 Å². The van der Waals surface area contributed by atoms with E-state index in [2.05, 4.69) is 199 Å². The molecule has 4 nitrogen and oxygen atoms in total. The van der Waals surface area contributed by atoms with Crippen LogP contribution in [0.1, 0.15) is 128 Å². The number of rotatable bonds is 6. The Morgan fingerprint density at radius 3 is 1.45 bits per heavy atom. The zero-order chi connectivity index (χ0) is 43.0. The Labute approximate surface area is 359 Å². The van der Waals surface area contributed by atoms with Crippen LogP contribution >= 0.6 is 0 Å². The largest absolute Gasteiger partial charge is 0.494 e. The molecule has 0 bridgehead atoms. The second-order valence-electron chi connectivity index (χ2n) is 21.3. The summed E-state index contributed by atoms with van der Waals surface area (Å²) in [6, 6.07) is 37.1. The molecule has 6 heteroatoms. The van der Waals surface area contributed by atoms with E-state index in [1.54, 1.807) is 0 Å². The smallest absolute Gasteiger partial charge is 0.404 e. The predicted octanol–water partition coefficient (Wildman–Crippen LogP) is 10.9. The molecule has 60 heavy (non-hydrogen) atoms. The molecular weight excluding hydrogens is 734 g/mol. The summed E-state index contributed by atoms with van der Waals surface area (Å²) in [4.78, 5) is 0. The molecular formula is C54H59B2O4+. The lowest BCUT2D eigenvalue weighted by Crippen LogP contribution is -2.41. The lowest BCUT2D eigenvalue weighted by molar-refractivity contribution is 0.00578. The molecule has 0 amide bonds. The molecule has 0 spiro atoms. The molecule has 2 aliphatic heterocycles. The molecule has 304 valence electrons. The lowest BCUT2D eigenvalue weighted by atomic mass is 9.65. The van der Waals surface area contributed by atoms with Crippen LogP contribution in [0, 0.1) is 6.08 Å². The van der Waals surface area contributed by atoms with E-state index in [0.29, 0.717) is 6.61 Å². The van der Waals surface area contributed by atoms with Crippen molar-refractivity contribution in [2.24, 2.45) is 0 Å². The topological polar surface area (TPSA) is 36.9 Å². The number of hydrogen-bond donors (Lipinski definition) is 0. The van der Waals surface area contributed by atoms with Crippen LogP contribution in [0.5, 0.6) is 0 Å². The van der Waals surface area contributed by atoms with Gasteiger partial charge in [-0.25, -0.2) is 0 Å². The highest BCUT2D eigenvalue weighted by atomic mass is 16.7. The summed E-state index contributed by atoms with van der Waals surface area (Å²) in [5.41, 5.74) is 13.6. The molecule has 2 aliphatic carbocycles. The first-order chi connectivity index (χ1) is 28.1. The fourth-order valence-electron chi connectivity index (χ4n) is 9.98. The van der Waals surface area contributed by atoms with Crippen LogP contribution in [0.25, 0.3) is 22.3 Å². The van der Waals surface area contributed by atoms with Crippen molar-refractivity contribution in [1.82, 2.24) is 0 Å². The van der Waals surface area contributed by atoms with Crippen LogP contribution < -0.4 is 10.9 Å². The SMILES string of the molecule is C=[C+]C1(C=C)c2cc(B3OCC(C)(C)O3)ccc2-c2cc3c(cc21)-c1ccc(B2OC(C)(C)C(C)(C)O2)cc1C3(c1ccc(C(C)(C)C)cc1)c1ccc(C(C)(C)C)cc1. The molecule has 2 fully saturated rings. The molecule has 2 saturated heterocycles. The van der Waals surface area contributed by atoms with Crippen molar-refractivity contribution in [2.45, 2.75) is 122 Å². The van der Waals surface area contributed by atoms with Gasteiger partial charge in [0.1, 0.15) is 6.58 Å². The number of fused-ring (bicyclic) bond motifs is 6. The van der Waals surface area contributed by atoms with Crippen LogP contribution in [-0.4, -0.2) is 37.6 Å². The molecule has 1 atom stereocenters. The highest BCUT2D eigenvalue weighted by Crippen LogP contribution is 2.60. The number of benzene rings is 5. The monoisotopic (exact) mass is 793 g/mol. The molecule has 2 heterocycles. The molecule has 0 saturated carbocycles. The van der Waals surface area contributed by atoms with Crippen molar-refractivity contribution in [3.63, 3.8) is 0 Å². The molecule has 5 aromatic carbocycles. The second kappa shape index (κ2) is 13.2. The minimum absolute atomic E-state index is 0.00160. The first-order valence-corrected chi connectivity index (χ1v) is 21.6. The third-order valence-corrected chi connectivity index (χ3v) is 14.2. The summed E-state index contributed by atoms with van der Waals surface area (Å²) in [6.07, 6.45) is 5.49. The fraction of sp³-hybridized carbons (Fsp3) is 0.370. The molecule has 4 aliphatic rings. The highest BCUT2D eigenvalue weighted by Gasteiger charge is 2.55. The standard InChI is InChI=1S/C54H59B2O4/c1-15-53(16-2)44-29-38(55-57-33-50(9,10)58-55)25-27-40(44)42-32-47-43(31-45(42)53)41-28-26-39(56-59-51(11,12)52(13,14)60-56)30-46(41)54(47,36-21-17-34(18-22-36)48(3,4)5)37-23-19-35(20-24-37)49(6,7)8/h15,17-32H,1-2,33H2,3-14H3/q+1. The summed E-state index contributed by atoms with van der Waals surface area (Å²) in [5.74, 6) is 0. The summed E-state index contributed by atoms with van der Waals surface area (Å²) < 4.78 is 26.0. The van der Waals surface area contributed by atoms with Gasteiger partial charge in [0.05, 0.1) is 28.8 Å². The van der Waals surface area contributed by atoms with Gasteiger partial charge in [0.2, 0.25) is 6.08 Å². The van der Waals surface area contributed by atoms with E-state index in [1.807, 2.05) is 6.08 Å². The van der Waals surface area contributed by atoms with E-state index in [9.17, 15) is 0 Å². The van der Waals surface area contributed by atoms with Gasteiger partial charge in [0.25, 0.3) is 5.41 Å². The molecule has 0 N–H and O–H groups in total. The predicted molar refractivity (Wildman–Crippen MR) is 249 cm³/mol. The third-order valence-electron chi connectivity index (χ3n) is 14.2. The molecule has 1 unspecified atom stereocenters. The van der Waals surface area contributed by atoms with Crippen molar-refractivity contribution in [2.75, 3.05) is 6.61 Å². The normalized spacial score (nSPS) is 21.6. The van der Waals surface area contributed by atoms with Gasteiger partial charge in [-0.1, -0.05) is 133 Å². The van der Waals surface area contributed by atoms with E-state index < -0.39 is 36.3 Å². The van der Waals surface area contributed by atoms with Crippen LogP contribution in [-0.2, 0) is 40.3 Å². The Balaban J connectivity index is 1.34. The maximum atomic E-state index is 6.72. The summed E-state index contributed by atoms with van der Waals surface area (Å²) >= 11 is 0. The van der Waals surface area contributed by atoms with Crippen molar-refractivity contribution in [3.8, 4) is 22.3 Å². The molecule has 5 aromatic rings. The zero-order valence-corrected chi connectivity index (χ0v) is 37.7. The van der Waals surface area contributed by atoms with Crippen LogP contribution in [0.4, 0.5) is 0 Å². The van der Waals surface area contributed by atoms with Gasteiger partial charge in [-0.3, -0.25) is 0 Å². The maximum absolute atomic E-state index is 6.72. The van der Waals surface area contributed by atoms with Crippen molar-refractivity contribution in [3.05, 3.63) is 167 Å². The minimum Gasteiger partial charge on any atom is -0.404 e. The van der Waals surface area contributed by atoms with E-state index in [1.165, 1.54) is 44.5 Å². The fourth-order valence-corrected chi connectivity index (χ4v) is 9.98. The maximum Gasteiger partial charge on any atom is 0.494 e. The van der Waals surface area contributed by atoms with Gasteiger partial charge in [0, 0.05) is 11.1 Å². The third kappa shape index (κ3) is 5.93. The van der Waals surface area contributed by atoms with Crippen LogP contribution in [0.2, 0.25) is 0 Å². The van der Waals surface area contributed by atoms with Crippen LogP contribution in [0.3, 0.4) is 0 Å². The van der Waals surface area contributed by atoms with E-state index in [0.717, 1.165) is 33.2 Å². The first-order valence-electron chi connectivity index (χ1n) is 21.6. The van der Waals surface area contributed by atoms with Crippen molar-refractivity contribution < 1.29 is 18.6 Å². The van der Waals surface area contributed by atoms with Gasteiger partial charge < -0.3 is 18.6 Å². The van der Waals surface area contributed by atoms with Gasteiger partial charge in [-0.2, -0.15) is 0 Å². The lowest BCUT2D eigenvalue weighted by Gasteiger charge is -2.35. The Morgan fingerprint density at radius 2 is 0.983 bits per heavy atom.